The van der Waals surface area contributed by atoms with Crippen LogP contribution in [0.1, 0.15) is 39.5 Å². The van der Waals surface area contributed by atoms with Crippen molar-refractivity contribution in [1.82, 2.24) is 15.1 Å². The molecule has 2 rings (SSSR count). The largest absolute Gasteiger partial charge is 0.394 e. The van der Waals surface area contributed by atoms with Gasteiger partial charge in [-0.3, -0.25) is 4.68 Å². The van der Waals surface area contributed by atoms with Crippen LogP contribution in [0.15, 0.2) is 30.5 Å². The molecule has 21 heavy (non-hydrogen) atoms. The summed E-state index contributed by atoms with van der Waals surface area (Å²) in [7, 11) is 0. The van der Waals surface area contributed by atoms with E-state index in [0.717, 1.165) is 38.8 Å². The van der Waals surface area contributed by atoms with Crippen LogP contribution in [0.4, 0.5) is 0 Å². The van der Waals surface area contributed by atoms with Gasteiger partial charge in [-0.2, -0.15) is 5.10 Å². The molecule has 1 unspecified atom stereocenters. The highest BCUT2D eigenvalue weighted by Crippen LogP contribution is 2.19. The van der Waals surface area contributed by atoms with Gasteiger partial charge in [0.2, 0.25) is 0 Å². The van der Waals surface area contributed by atoms with Crippen LogP contribution in [0.3, 0.4) is 0 Å². The molecule has 0 amide bonds. The molecular formula is C17H27N3O. The zero-order valence-electron chi connectivity index (χ0n) is 13.2. The highest BCUT2D eigenvalue weighted by molar-refractivity contribution is 5.78. The molecule has 0 saturated heterocycles. The number of benzene rings is 1. The number of nitrogens with zero attached hydrogens (tertiary/aromatic N) is 2. The molecule has 0 saturated carbocycles. The Morgan fingerprint density at radius 1 is 1.29 bits per heavy atom. The second-order valence-corrected chi connectivity index (χ2v) is 5.75. The second kappa shape index (κ2) is 7.57. The number of hydrogen-bond donors (Lipinski definition) is 2. The summed E-state index contributed by atoms with van der Waals surface area (Å²) in [4.78, 5) is 0. The molecule has 0 bridgehead atoms. The Hall–Kier alpha value is -1.39. The molecule has 4 nitrogen and oxygen atoms in total. The van der Waals surface area contributed by atoms with Gasteiger partial charge in [-0.05, 0) is 38.3 Å². The molecule has 0 aliphatic carbocycles. The van der Waals surface area contributed by atoms with Gasteiger partial charge in [0.05, 0.1) is 18.3 Å². The molecule has 0 aliphatic rings. The number of rotatable bonds is 9. The number of aromatic nitrogens is 2. The summed E-state index contributed by atoms with van der Waals surface area (Å²) in [5, 5.41) is 18.9. The fourth-order valence-corrected chi connectivity index (χ4v) is 2.80. The van der Waals surface area contributed by atoms with Crippen LogP contribution in [-0.4, -0.2) is 33.6 Å². The Labute approximate surface area is 127 Å². The van der Waals surface area contributed by atoms with Gasteiger partial charge in [0.15, 0.2) is 0 Å². The molecule has 1 atom stereocenters. The number of aryl methyl sites for hydroxylation is 1. The Morgan fingerprint density at radius 3 is 2.81 bits per heavy atom. The van der Waals surface area contributed by atoms with E-state index >= 15 is 0 Å². The minimum Gasteiger partial charge on any atom is -0.394 e. The molecule has 1 heterocycles. The van der Waals surface area contributed by atoms with Crippen molar-refractivity contribution in [1.29, 1.82) is 0 Å². The van der Waals surface area contributed by atoms with Crippen molar-refractivity contribution in [2.75, 3.05) is 13.2 Å². The average molecular weight is 289 g/mol. The van der Waals surface area contributed by atoms with E-state index in [2.05, 4.69) is 41.1 Å². The monoisotopic (exact) mass is 289 g/mol. The Balaban J connectivity index is 1.95. The van der Waals surface area contributed by atoms with E-state index in [4.69, 9.17) is 0 Å². The molecule has 116 valence electrons. The van der Waals surface area contributed by atoms with Crippen molar-refractivity contribution in [3.63, 3.8) is 0 Å². The predicted octanol–water partition coefficient (Wildman–Crippen LogP) is 2.96. The summed E-state index contributed by atoms with van der Waals surface area (Å²) in [6.45, 7) is 6.34. The van der Waals surface area contributed by atoms with Crippen molar-refractivity contribution >= 4 is 10.9 Å². The summed E-state index contributed by atoms with van der Waals surface area (Å²) in [6.07, 6.45) is 5.93. The third kappa shape index (κ3) is 3.83. The van der Waals surface area contributed by atoms with Gasteiger partial charge in [0, 0.05) is 17.5 Å². The maximum atomic E-state index is 9.75. The Morgan fingerprint density at radius 2 is 2.10 bits per heavy atom. The zero-order chi connectivity index (χ0) is 15.1. The summed E-state index contributed by atoms with van der Waals surface area (Å²) in [6, 6.07) is 8.28. The van der Waals surface area contributed by atoms with E-state index in [0.29, 0.717) is 0 Å². The minimum atomic E-state index is -0.140. The SMILES string of the molecule is CCCNC(CC)(CO)CCCn1ncc2ccccc21. The molecular weight excluding hydrogens is 262 g/mol. The van der Waals surface area contributed by atoms with Crippen molar-refractivity contribution in [2.24, 2.45) is 0 Å². The first-order valence-corrected chi connectivity index (χ1v) is 8.01. The van der Waals surface area contributed by atoms with Crippen molar-refractivity contribution < 1.29 is 5.11 Å². The van der Waals surface area contributed by atoms with E-state index in [1.165, 1.54) is 10.9 Å². The van der Waals surface area contributed by atoms with Crippen LogP contribution in [0.2, 0.25) is 0 Å². The lowest BCUT2D eigenvalue weighted by Crippen LogP contribution is -2.48. The normalized spacial score (nSPS) is 14.4. The molecule has 4 heteroatoms. The van der Waals surface area contributed by atoms with E-state index in [1.807, 2.05) is 18.3 Å². The van der Waals surface area contributed by atoms with E-state index in [-0.39, 0.29) is 12.1 Å². The predicted molar refractivity (Wildman–Crippen MR) is 87.4 cm³/mol. The Kier molecular flexibility index (Phi) is 5.76. The molecule has 0 aliphatic heterocycles. The molecule has 2 N–H and O–H groups in total. The minimum absolute atomic E-state index is 0.140. The van der Waals surface area contributed by atoms with Crippen molar-refractivity contribution in [3.05, 3.63) is 30.5 Å². The van der Waals surface area contributed by atoms with Crippen molar-refractivity contribution in [3.8, 4) is 0 Å². The van der Waals surface area contributed by atoms with E-state index in [1.54, 1.807) is 0 Å². The molecule has 0 radical (unpaired) electrons. The molecule has 1 aromatic carbocycles. The fourth-order valence-electron chi connectivity index (χ4n) is 2.80. The standard InChI is InChI=1S/C17H27N3O/c1-3-11-18-17(4-2,14-21)10-7-12-20-16-9-6-5-8-15(16)13-19-20/h5-6,8-9,13,18,21H,3-4,7,10-12,14H2,1-2H3. The molecule has 0 fully saturated rings. The fraction of sp³-hybridized carbons (Fsp3) is 0.588. The van der Waals surface area contributed by atoms with Crippen LogP contribution < -0.4 is 5.32 Å². The smallest absolute Gasteiger partial charge is 0.0682 e. The first-order chi connectivity index (χ1) is 10.2. The van der Waals surface area contributed by atoms with Crippen LogP contribution >= 0.6 is 0 Å². The Bertz CT molecular complexity index is 546. The lowest BCUT2D eigenvalue weighted by atomic mass is 9.91. The summed E-state index contributed by atoms with van der Waals surface area (Å²) in [5.41, 5.74) is 1.05. The first kappa shape index (κ1) is 16.0. The second-order valence-electron chi connectivity index (χ2n) is 5.75. The lowest BCUT2D eigenvalue weighted by Gasteiger charge is -2.32. The zero-order valence-corrected chi connectivity index (χ0v) is 13.2. The first-order valence-electron chi connectivity index (χ1n) is 8.01. The van der Waals surface area contributed by atoms with Gasteiger partial charge in [0.25, 0.3) is 0 Å². The number of para-hydroxylation sites is 1. The van der Waals surface area contributed by atoms with Gasteiger partial charge < -0.3 is 10.4 Å². The summed E-state index contributed by atoms with van der Waals surface area (Å²) in [5.74, 6) is 0. The maximum absolute atomic E-state index is 9.75. The number of fused-ring (bicyclic) bond motifs is 1. The quantitative estimate of drug-likeness (QED) is 0.746. The molecule has 0 spiro atoms. The third-order valence-corrected chi connectivity index (χ3v) is 4.31. The topological polar surface area (TPSA) is 50.1 Å². The van der Waals surface area contributed by atoms with Gasteiger partial charge in [-0.15, -0.1) is 0 Å². The highest BCUT2D eigenvalue weighted by Gasteiger charge is 2.25. The summed E-state index contributed by atoms with van der Waals surface area (Å²) < 4.78 is 2.06. The number of hydrogen-bond acceptors (Lipinski definition) is 3. The highest BCUT2D eigenvalue weighted by atomic mass is 16.3. The third-order valence-electron chi connectivity index (χ3n) is 4.31. The van der Waals surface area contributed by atoms with E-state index < -0.39 is 0 Å². The summed E-state index contributed by atoms with van der Waals surface area (Å²) >= 11 is 0. The number of aliphatic hydroxyl groups is 1. The van der Waals surface area contributed by atoms with Crippen LogP contribution in [0.5, 0.6) is 0 Å². The van der Waals surface area contributed by atoms with Crippen molar-refractivity contribution in [2.45, 2.75) is 51.6 Å². The number of nitrogens with one attached hydrogen (secondary N) is 1. The average Bonchev–Trinajstić information content (AvgIpc) is 2.94. The van der Waals surface area contributed by atoms with Crippen LogP contribution in [0, 0.1) is 0 Å². The van der Waals surface area contributed by atoms with Crippen LogP contribution in [0.25, 0.3) is 10.9 Å². The van der Waals surface area contributed by atoms with Gasteiger partial charge in [-0.1, -0.05) is 32.0 Å². The molecule has 1 aromatic heterocycles. The van der Waals surface area contributed by atoms with Crippen LogP contribution in [-0.2, 0) is 6.54 Å². The number of aliphatic hydroxyl groups excluding tert-OH is 1. The van der Waals surface area contributed by atoms with E-state index in [9.17, 15) is 5.11 Å². The van der Waals surface area contributed by atoms with Gasteiger partial charge in [-0.25, -0.2) is 0 Å². The molecule has 2 aromatic rings. The van der Waals surface area contributed by atoms with Gasteiger partial charge >= 0.3 is 0 Å². The lowest BCUT2D eigenvalue weighted by molar-refractivity contribution is 0.143. The maximum Gasteiger partial charge on any atom is 0.0682 e. The van der Waals surface area contributed by atoms with Gasteiger partial charge in [0.1, 0.15) is 0 Å².